The predicted octanol–water partition coefficient (Wildman–Crippen LogP) is 4.56. The smallest absolute Gasteiger partial charge is 0.176 e. The molecular formula is C13H11Cl2NOS. The van der Waals surface area contributed by atoms with Crippen LogP contribution in [0.5, 0.6) is 0 Å². The first-order valence-corrected chi connectivity index (χ1v) is 7.29. The molecule has 1 unspecified atom stereocenters. The van der Waals surface area contributed by atoms with E-state index in [9.17, 15) is 4.79 Å². The summed E-state index contributed by atoms with van der Waals surface area (Å²) in [6.45, 7) is 0. The SMILES string of the molecule is N#CSC(CC1CC1)C(=O)c1ccc(Cl)c(Cl)c1. The average Bonchev–Trinajstić information content (AvgIpc) is 3.15. The fourth-order valence-electron chi connectivity index (χ4n) is 1.76. The van der Waals surface area contributed by atoms with E-state index < -0.39 is 0 Å². The highest BCUT2D eigenvalue weighted by molar-refractivity contribution is 8.05. The number of carbonyl (C=O) groups is 1. The summed E-state index contributed by atoms with van der Waals surface area (Å²) in [7, 11) is 0. The summed E-state index contributed by atoms with van der Waals surface area (Å²) in [5.74, 6) is 0.564. The van der Waals surface area contributed by atoms with Crippen molar-refractivity contribution in [3.8, 4) is 5.40 Å². The maximum absolute atomic E-state index is 12.3. The average molecular weight is 300 g/mol. The molecule has 2 nitrogen and oxygen atoms in total. The molecule has 1 fully saturated rings. The quantitative estimate of drug-likeness (QED) is 0.591. The number of hydrogen-bond acceptors (Lipinski definition) is 3. The molecule has 0 heterocycles. The zero-order chi connectivity index (χ0) is 13.1. The van der Waals surface area contributed by atoms with E-state index in [2.05, 4.69) is 0 Å². The lowest BCUT2D eigenvalue weighted by Gasteiger charge is -2.11. The molecule has 1 aliphatic rings. The van der Waals surface area contributed by atoms with Crippen LogP contribution in [0.2, 0.25) is 10.0 Å². The minimum Gasteiger partial charge on any atom is -0.293 e. The van der Waals surface area contributed by atoms with Crippen LogP contribution in [-0.4, -0.2) is 11.0 Å². The van der Waals surface area contributed by atoms with Crippen molar-refractivity contribution in [1.82, 2.24) is 0 Å². The molecule has 1 aromatic rings. The van der Waals surface area contributed by atoms with Gasteiger partial charge >= 0.3 is 0 Å². The normalized spacial score (nSPS) is 16.1. The minimum atomic E-state index is -0.292. The molecule has 1 atom stereocenters. The predicted molar refractivity (Wildman–Crippen MR) is 75.1 cm³/mol. The third-order valence-corrected chi connectivity index (χ3v) is 4.47. The van der Waals surface area contributed by atoms with E-state index in [-0.39, 0.29) is 11.0 Å². The van der Waals surface area contributed by atoms with Gasteiger partial charge in [-0.15, -0.1) is 0 Å². The maximum atomic E-state index is 12.3. The number of halogens is 2. The van der Waals surface area contributed by atoms with E-state index in [0.29, 0.717) is 21.5 Å². The summed E-state index contributed by atoms with van der Waals surface area (Å²) in [5, 5.41) is 11.3. The van der Waals surface area contributed by atoms with Gasteiger partial charge in [-0.1, -0.05) is 36.0 Å². The topological polar surface area (TPSA) is 40.9 Å². The molecule has 0 N–H and O–H groups in total. The highest BCUT2D eigenvalue weighted by Gasteiger charge is 2.30. The third kappa shape index (κ3) is 3.41. The highest BCUT2D eigenvalue weighted by Crippen LogP contribution is 2.37. The zero-order valence-electron chi connectivity index (χ0n) is 9.53. The summed E-state index contributed by atoms with van der Waals surface area (Å²) in [6.07, 6.45) is 3.10. The molecule has 1 aliphatic carbocycles. The molecule has 1 aromatic carbocycles. The Hall–Kier alpha value is -0.690. The van der Waals surface area contributed by atoms with Crippen molar-refractivity contribution in [3.63, 3.8) is 0 Å². The second kappa shape index (κ2) is 5.97. The van der Waals surface area contributed by atoms with Gasteiger partial charge in [-0.25, -0.2) is 0 Å². The lowest BCUT2D eigenvalue weighted by atomic mass is 10.0. The van der Waals surface area contributed by atoms with Gasteiger partial charge in [-0.2, -0.15) is 5.26 Å². The summed E-state index contributed by atoms with van der Waals surface area (Å²) in [4.78, 5) is 12.3. The van der Waals surface area contributed by atoms with Crippen molar-refractivity contribution >= 4 is 40.7 Å². The number of thioether (sulfide) groups is 1. The molecule has 0 spiro atoms. The molecule has 0 amide bonds. The van der Waals surface area contributed by atoms with Crippen LogP contribution in [0.1, 0.15) is 29.6 Å². The summed E-state index contributed by atoms with van der Waals surface area (Å²) >= 11 is 12.8. The monoisotopic (exact) mass is 299 g/mol. The Labute approximate surface area is 120 Å². The number of Topliss-reactive ketones (excluding diaryl/α,β-unsaturated/α-hetero) is 1. The van der Waals surface area contributed by atoms with Crippen molar-refractivity contribution in [2.75, 3.05) is 0 Å². The van der Waals surface area contributed by atoms with Crippen molar-refractivity contribution in [2.45, 2.75) is 24.5 Å². The van der Waals surface area contributed by atoms with E-state index in [0.717, 1.165) is 31.0 Å². The van der Waals surface area contributed by atoms with Crippen molar-refractivity contribution in [3.05, 3.63) is 33.8 Å². The van der Waals surface area contributed by atoms with Gasteiger partial charge in [0, 0.05) is 5.56 Å². The van der Waals surface area contributed by atoms with Crippen LogP contribution in [0.25, 0.3) is 0 Å². The molecule has 5 heteroatoms. The summed E-state index contributed by atoms with van der Waals surface area (Å²) < 4.78 is 0. The fraction of sp³-hybridized carbons (Fsp3) is 0.385. The first-order valence-electron chi connectivity index (χ1n) is 5.66. The van der Waals surface area contributed by atoms with Gasteiger partial charge in [0.15, 0.2) is 5.78 Å². The number of thiocyanates is 1. The van der Waals surface area contributed by atoms with Gasteiger partial charge in [0.05, 0.1) is 15.3 Å². The Morgan fingerprint density at radius 2 is 2.17 bits per heavy atom. The highest BCUT2D eigenvalue weighted by atomic mass is 35.5. The van der Waals surface area contributed by atoms with Crippen molar-refractivity contribution < 1.29 is 4.79 Å². The largest absolute Gasteiger partial charge is 0.293 e. The van der Waals surface area contributed by atoms with Gasteiger partial charge in [0.25, 0.3) is 0 Å². The fourth-order valence-corrected chi connectivity index (χ4v) is 2.80. The lowest BCUT2D eigenvalue weighted by molar-refractivity contribution is 0.0985. The minimum absolute atomic E-state index is 0.0352. The molecule has 0 aliphatic heterocycles. The molecule has 18 heavy (non-hydrogen) atoms. The van der Waals surface area contributed by atoms with Gasteiger partial charge < -0.3 is 0 Å². The summed E-state index contributed by atoms with van der Waals surface area (Å²) in [5.41, 5.74) is 0.526. The van der Waals surface area contributed by atoms with Crippen molar-refractivity contribution in [1.29, 1.82) is 5.26 Å². The first kappa shape index (κ1) is 13.7. The number of rotatable bonds is 5. The Balaban J connectivity index is 2.15. The molecule has 94 valence electrons. The molecule has 0 bridgehead atoms. The molecule has 0 radical (unpaired) electrons. The zero-order valence-corrected chi connectivity index (χ0v) is 11.9. The Morgan fingerprint density at radius 1 is 1.44 bits per heavy atom. The van der Waals surface area contributed by atoms with E-state index >= 15 is 0 Å². The van der Waals surface area contributed by atoms with Gasteiger partial charge in [-0.3, -0.25) is 4.79 Å². The molecule has 0 aromatic heterocycles. The van der Waals surface area contributed by atoms with Crippen LogP contribution in [0.3, 0.4) is 0 Å². The second-order valence-corrected chi connectivity index (χ2v) is 6.17. The van der Waals surface area contributed by atoms with Crippen molar-refractivity contribution in [2.24, 2.45) is 5.92 Å². The maximum Gasteiger partial charge on any atom is 0.176 e. The van der Waals surface area contributed by atoms with Gasteiger partial charge in [0.2, 0.25) is 0 Å². The van der Waals surface area contributed by atoms with E-state index in [1.165, 1.54) is 0 Å². The van der Waals surface area contributed by atoms with Crippen LogP contribution < -0.4 is 0 Å². The van der Waals surface area contributed by atoms with Crippen LogP contribution in [0.4, 0.5) is 0 Å². The first-order chi connectivity index (χ1) is 8.61. The third-order valence-electron chi connectivity index (χ3n) is 2.94. The van der Waals surface area contributed by atoms with Crippen LogP contribution >= 0.6 is 35.0 Å². The Kier molecular flexibility index (Phi) is 4.55. The number of benzene rings is 1. The number of carbonyl (C=O) groups excluding carboxylic acids is 1. The van der Waals surface area contributed by atoms with Crippen LogP contribution in [0.15, 0.2) is 18.2 Å². The Bertz CT molecular complexity index is 508. The van der Waals surface area contributed by atoms with Gasteiger partial charge in [0.1, 0.15) is 5.40 Å². The standard InChI is InChI=1S/C13H11Cl2NOS/c14-10-4-3-9(6-11(10)15)13(17)12(18-7-16)5-8-1-2-8/h3-4,6,8,12H,1-2,5H2. The van der Waals surface area contributed by atoms with E-state index in [4.69, 9.17) is 28.5 Å². The number of ketones is 1. The van der Waals surface area contributed by atoms with E-state index in [1.54, 1.807) is 18.2 Å². The molecular weight excluding hydrogens is 289 g/mol. The number of nitrogens with zero attached hydrogens (tertiary/aromatic N) is 1. The number of hydrogen-bond donors (Lipinski definition) is 0. The lowest BCUT2D eigenvalue weighted by Crippen LogP contribution is -2.17. The second-order valence-electron chi connectivity index (χ2n) is 4.37. The molecule has 0 saturated heterocycles. The van der Waals surface area contributed by atoms with E-state index in [1.807, 2.05) is 5.40 Å². The van der Waals surface area contributed by atoms with Gasteiger partial charge in [-0.05, 0) is 42.3 Å². The molecule has 2 rings (SSSR count). The molecule has 1 saturated carbocycles. The van der Waals surface area contributed by atoms with Crippen LogP contribution in [0, 0.1) is 16.6 Å². The number of nitriles is 1. The Morgan fingerprint density at radius 3 is 2.72 bits per heavy atom. The van der Waals surface area contributed by atoms with Crippen LogP contribution in [-0.2, 0) is 0 Å². The summed E-state index contributed by atoms with van der Waals surface area (Å²) in [6, 6.07) is 4.85.